The number of hydrogen-bond donors (Lipinski definition) is 3. The van der Waals surface area contributed by atoms with E-state index in [1.54, 1.807) is 4.90 Å². The summed E-state index contributed by atoms with van der Waals surface area (Å²) >= 11 is 0. The Morgan fingerprint density at radius 2 is 1.76 bits per heavy atom. The lowest BCUT2D eigenvalue weighted by Crippen LogP contribution is -2.54. The van der Waals surface area contributed by atoms with Crippen molar-refractivity contribution in [2.45, 2.75) is 44.4 Å². The number of aliphatic carboxylic acids is 1. The number of nitrogens with one attached hydrogen (secondary N) is 1. The van der Waals surface area contributed by atoms with Crippen LogP contribution in [0.3, 0.4) is 0 Å². The van der Waals surface area contributed by atoms with Crippen LogP contribution in [0, 0.1) is 11.3 Å². The number of carboxylic acids is 1. The Hall–Kier alpha value is -2.87. The summed E-state index contributed by atoms with van der Waals surface area (Å²) in [6, 6.07) is 10.5. The molecule has 0 atom stereocenters. The van der Waals surface area contributed by atoms with Crippen LogP contribution in [-0.2, 0) is 19.1 Å². The second kappa shape index (κ2) is 9.95. The quantitative estimate of drug-likeness (QED) is 0.567. The minimum absolute atomic E-state index is 0.220. The maximum Gasteiger partial charge on any atom is 0.322 e. The molecule has 178 valence electrons. The first-order chi connectivity index (χ1) is 15.9. The molecule has 0 aromatic heterocycles. The summed E-state index contributed by atoms with van der Waals surface area (Å²) in [6.07, 6.45) is 5.13. The summed E-state index contributed by atoms with van der Waals surface area (Å²) in [5.74, 6) is -1.92. The second-order valence-corrected chi connectivity index (χ2v) is 9.51. The molecule has 2 fully saturated rings. The number of nitrogens with zero attached hydrogens (tertiary/aromatic N) is 1. The van der Waals surface area contributed by atoms with Gasteiger partial charge in [-0.05, 0) is 55.9 Å². The van der Waals surface area contributed by atoms with Crippen LogP contribution < -0.4 is 5.32 Å². The van der Waals surface area contributed by atoms with Crippen LogP contribution in [0.25, 0.3) is 0 Å². The number of carbonyl (C=O) groups is 3. The molecule has 8 heteroatoms. The normalized spacial score (nSPS) is 25.2. The maximum absolute atomic E-state index is 13.3. The zero-order chi connectivity index (χ0) is 23.4. The number of aliphatic hydroxyl groups excluding tert-OH is 1. The highest BCUT2D eigenvalue weighted by Gasteiger charge is 2.48. The molecule has 1 spiro atoms. The van der Waals surface area contributed by atoms with Gasteiger partial charge in [0.05, 0.1) is 5.41 Å². The Kier molecular flexibility index (Phi) is 7.02. The molecule has 33 heavy (non-hydrogen) atoms. The minimum Gasteiger partial charge on any atom is -0.511 e. The van der Waals surface area contributed by atoms with Gasteiger partial charge in [-0.1, -0.05) is 30.3 Å². The molecule has 1 aromatic carbocycles. The molecule has 2 heterocycles. The van der Waals surface area contributed by atoms with E-state index in [0.717, 1.165) is 25.7 Å². The number of ether oxygens (including phenoxy) is 1. The molecule has 1 aromatic rings. The molecule has 8 nitrogen and oxygen atoms in total. The van der Waals surface area contributed by atoms with Crippen LogP contribution in [0.1, 0.15) is 50.0 Å². The van der Waals surface area contributed by atoms with E-state index < -0.39 is 29.7 Å². The standard InChI is InChI=1S/C25H32N2O6/c28-20(29)14-26-23(31)21-22(30)25(10-12-33-13-11-25)16-27(24(21)32)15-17-6-8-19(9-7-17)18-4-2-1-3-5-18/h1-5,17,19,30H,6-16H2,(H,26,31)(H,28,29). The monoisotopic (exact) mass is 456 g/mol. The van der Waals surface area contributed by atoms with E-state index in [1.807, 2.05) is 6.07 Å². The van der Waals surface area contributed by atoms with E-state index in [-0.39, 0.29) is 11.3 Å². The van der Waals surface area contributed by atoms with Gasteiger partial charge in [-0.15, -0.1) is 0 Å². The summed E-state index contributed by atoms with van der Waals surface area (Å²) in [7, 11) is 0. The van der Waals surface area contributed by atoms with Crippen LogP contribution in [0.15, 0.2) is 41.7 Å². The number of benzene rings is 1. The van der Waals surface area contributed by atoms with Gasteiger partial charge in [0.25, 0.3) is 11.8 Å². The van der Waals surface area contributed by atoms with Crippen molar-refractivity contribution in [3.63, 3.8) is 0 Å². The fourth-order valence-corrected chi connectivity index (χ4v) is 5.51. The van der Waals surface area contributed by atoms with Crippen molar-refractivity contribution >= 4 is 17.8 Å². The molecule has 0 bridgehead atoms. The Bertz CT molecular complexity index is 914. The first-order valence-corrected chi connectivity index (χ1v) is 11.8. The Labute approximate surface area is 193 Å². The molecule has 1 saturated carbocycles. The Morgan fingerprint density at radius 1 is 1.09 bits per heavy atom. The number of hydrogen-bond acceptors (Lipinski definition) is 5. The van der Waals surface area contributed by atoms with Gasteiger partial charge in [0.2, 0.25) is 0 Å². The van der Waals surface area contributed by atoms with Crippen molar-refractivity contribution < 1.29 is 29.3 Å². The third kappa shape index (κ3) is 5.05. The first kappa shape index (κ1) is 23.3. The van der Waals surface area contributed by atoms with E-state index in [9.17, 15) is 19.5 Å². The third-order valence-electron chi connectivity index (χ3n) is 7.41. The zero-order valence-corrected chi connectivity index (χ0v) is 18.8. The lowest BCUT2D eigenvalue weighted by Gasteiger charge is -2.45. The first-order valence-electron chi connectivity index (χ1n) is 11.8. The largest absolute Gasteiger partial charge is 0.511 e. The second-order valence-electron chi connectivity index (χ2n) is 9.51. The zero-order valence-electron chi connectivity index (χ0n) is 18.8. The average Bonchev–Trinajstić information content (AvgIpc) is 2.83. The number of carboxylic acid groups (broad SMARTS) is 1. The van der Waals surface area contributed by atoms with Crippen LogP contribution in [-0.4, -0.2) is 65.7 Å². The van der Waals surface area contributed by atoms with Crippen LogP contribution in [0.4, 0.5) is 0 Å². The number of rotatable bonds is 6. The van der Waals surface area contributed by atoms with Gasteiger partial charge in [-0.2, -0.15) is 0 Å². The molecule has 1 aliphatic carbocycles. The van der Waals surface area contributed by atoms with Gasteiger partial charge in [-0.3, -0.25) is 14.4 Å². The molecule has 3 N–H and O–H groups in total. The smallest absolute Gasteiger partial charge is 0.322 e. The predicted octanol–water partition coefficient (Wildman–Crippen LogP) is 2.61. The molecular weight excluding hydrogens is 424 g/mol. The van der Waals surface area contributed by atoms with Crippen molar-refractivity contribution in [2.75, 3.05) is 32.8 Å². The highest BCUT2D eigenvalue weighted by atomic mass is 16.5. The topological polar surface area (TPSA) is 116 Å². The van der Waals surface area contributed by atoms with Gasteiger partial charge in [0.15, 0.2) is 0 Å². The molecule has 2 amide bonds. The van der Waals surface area contributed by atoms with Crippen molar-refractivity contribution in [3.8, 4) is 0 Å². The van der Waals surface area contributed by atoms with Gasteiger partial charge < -0.3 is 25.2 Å². The minimum atomic E-state index is -1.21. The molecule has 0 radical (unpaired) electrons. The lowest BCUT2D eigenvalue weighted by molar-refractivity contribution is -0.140. The molecule has 4 rings (SSSR count). The summed E-state index contributed by atoms with van der Waals surface area (Å²) in [5.41, 5.74) is 0.322. The Morgan fingerprint density at radius 3 is 2.39 bits per heavy atom. The van der Waals surface area contributed by atoms with E-state index in [1.165, 1.54) is 5.56 Å². The van der Waals surface area contributed by atoms with Crippen molar-refractivity contribution in [2.24, 2.45) is 11.3 Å². The number of amides is 2. The van der Waals surface area contributed by atoms with Crippen LogP contribution in [0.2, 0.25) is 0 Å². The predicted molar refractivity (Wildman–Crippen MR) is 121 cm³/mol. The summed E-state index contributed by atoms with van der Waals surface area (Å²) in [4.78, 5) is 38.6. The molecule has 1 saturated heterocycles. The highest BCUT2D eigenvalue weighted by molar-refractivity contribution is 6.19. The molecule has 0 unspecified atom stereocenters. The van der Waals surface area contributed by atoms with E-state index in [2.05, 4.69) is 29.6 Å². The van der Waals surface area contributed by atoms with Crippen molar-refractivity contribution in [1.29, 1.82) is 0 Å². The van der Waals surface area contributed by atoms with E-state index in [4.69, 9.17) is 9.84 Å². The third-order valence-corrected chi connectivity index (χ3v) is 7.41. The van der Waals surface area contributed by atoms with Gasteiger partial charge in [0.1, 0.15) is 17.9 Å². The van der Waals surface area contributed by atoms with Crippen LogP contribution >= 0.6 is 0 Å². The SMILES string of the molecule is O=C(O)CNC(=O)C1=C(O)C2(CCOCC2)CN(CC2CCC(c3ccccc3)CC2)C1=O. The Balaban J connectivity index is 1.48. The van der Waals surface area contributed by atoms with Crippen molar-refractivity contribution in [3.05, 3.63) is 47.2 Å². The molecular formula is C25H32N2O6. The fourth-order valence-electron chi connectivity index (χ4n) is 5.51. The maximum atomic E-state index is 13.3. The number of aliphatic hydroxyl groups is 1. The lowest BCUT2D eigenvalue weighted by atomic mass is 9.73. The highest BCUT2D eigenvalue weighted by Crippen LogP contribution is 2.43. The molecule has 2 aliphatic heterocycles. The van der Waals surface area contributed by atoms with Crippen LogP contribution in [0.5, 0.6) is 0 Å². The molecule has 3 aliphatic rings. The average molecular weight is 457 g/mol. The van der Waals surface area contributed by atoms with Crippen molar-refractivity contribution in [1.82, 2.24) is 10.2 Å². The van der Waals surface area contributed by atoms with Gasteiger partial charge in [-0.25, -0.2) is 0 Å². The summed E-state index contributed by atoms with van der Waals surface area (Å²) < 4.78 is 5.47. The number of carbonyl (C=O) groups excluding carboxylic acids is 2. The van der Waals surface area contributed by atoms with E-state index >= 15 is 0 Å². The summed E-state index contributed by atoms with van der Waals surface area (Å²) in [6.45, 7) is 1.17. The van der Waals surface area contributed by atoms with Gasteiger partial charge >= 0.3 is 5.97 Å². The summed E-state index contributed by atoms with van der Waals surface area (Å²) in [5, 5.41) is 22.2. The van der Waals surface area contributed by atoms with E-state index in [0.29, 0.717) is 51.0 Å². The van der Waals surface area contributed by atoms with Gasteiger partial charge in [0, 0.05) is 26.3 Å². The fraction of sp³-hybridized carbons (Fsp3) is 0.560.